The van der Waals surface area contributed by atoms with E-state index in [0.717, 1.165) is 6.07 Å². The van der Waals surface area contributed by atoms with Crippen LogP contribution >= 0.6 is 0 Å². The number of benzene rings is 1. The lowest BCUT2D eigenvalue weighted by Crippen LogP contribution is -2.30. The predicted octanol–water partition coefficient (Wildman–Crippen LogP) is 0.674. The monoisotopic (exact) mass is 233 g/mol. The molecule has 0 atom stereocenters. The third-order valence-electron chi connectivity index (χ3n) is 1.57. The smallest absolute Gasteiger partial charge is 0.299 e. The molecule has 0 spiro atoms. The van der Waals surface area contributed by atoms with E-state index < -0.39 is 16.0 Å². The molecule has 0 saturated carbocycles. The summed E-state index contributed by atoms with van der Waals surface area (Å²) in [4.78, 5) is 0. The Kier molecular flexibility index (Phi) is 3.48. The third-order valence-corrected chi connectivity index (χ3v) is 2.73. The zero-order chi connectivity index (χ0) is 11.5. The van der Waals surface area contributed by atoms with E-state index in [9.17, 15) is 12.8 Å². The minimum absolute atomic E-state index is 0.134. The Morgan fingerprint density at radius 3 is 2.67 bits per heavy atom. The van der Waals surface area contributed by atoms with Crippen molar-refractivity contribution < 1.29 is 12.8 Å². The predicted molar refractivity (Wildman–Crippen MR) is 57.0 cm³/mol. The molecule has 0 radical (unpaired) electrons. The van der Waals surface area contributed by atoms with Crippen LogP contribution in [0.25, 0.3) is 0 Å². The Hall–Kier alpha value is -1.34. The first-order valence-corrected chi connectivity index (χ1v) is 5.75. The number of halogens is 1. The second kappa shape index (κ2) is 4.45. The van der Waals surface area contributed by atoms with Crippen LogP contribution in [0.3, 0.4) is 0 Å². The minimum Gasteiger partial charge on any atom is -0.399 e. The summed E-state index contributed by atoms with van der Waals surface area (Å²) >= 11 is 0. The van der Waals surface area contributed by atoms with Gasteiger partial charge in [0.15, 0.2) is 0 Å². The van der Waals surface area contributed by atoms with Gasteiger partial charge in [0.2, 0.25) is 0 Å². The lowest BCUT2D eigenvalue weighted by molar-refractivity contribution is 0.587. The van der Waals surface area contributed by atoms with Crippen LogP contribution in [0.5, 0.6) is 0 Å². The highest BCUT2D eigenvalue weighted by atomic mass is 32.2. The molecule has 0 bridgehead atoms. The van der Waals surface area contributed by atoms with Gasteiger partial charge >= 0.3 is 0 Å². The van der Waals surface area contributed by atoms with Crippen LogP contribution in [0.15, 0.2) is 18.2 Å². The van der Waals surface area contributed by atoms with Gasteiger partial charge < -0.3 is 5.73 Å². The van der Waals surface area contributed by atoms with E-state index in [4.69, 9.17) is 5.73 Å². The van der Waals surface area contributed by atoms with Gasteiger partial charge in [-0.15, -0.1) is 0 Å². The standard InChI is InChI=1S/C8H12FN3O2S/c1-2-11-15(13,14)12-8-4-3-6(10)5-7(8)9/h3-5,11-12H,2,10H2,1H3. The molecule has 0 amide bonds. The van der Waals surface area contributed by atoms with Gasteiger partial charge in [-0.1, -0.05) is 6.92 Å². The van der Waals surface area contributed by atoms with E-state index in [-0.39, 0.29) is 17.9 Å². The Balaban J connectivity index is 2.90. The molecule has 4 N–H and O–H groups in total. The van der Waals surface area contributed by atoms with Crippen molar-refractivity contribution in [3.8, 4) is 0 Å². The van der Waals surface area contributed by atoms with Crippen LogP contribution in [0.2, 0.25) is 0 Å². The van der Waals surface area contributed by atoms with Crippen molar-refractivity contribution in [2.45, 2.75) is 6.92 Å². The second-order valence-corrected chi connectivity index (χ2v) is 4.34. The van der Waals surface area contributed by atoms with Gasteiger partial charge in [0, 0.05) is 12.2 Å². The van der Waals surface area contributed by atoms with Crippen LogP contribution in [0, 0.1) is 5.82 Å². The number of nitrogen functional groups attached to an aromatic ring is 1. The molecule has 1 aromatic carbocycles. The number of hydrogen-bond donors (Lipinski definition) is 3. The Labute approximate surface area is 87.7 Å². The summed E-state index contributed by atoms with van der Waals surface area (Å²) < 4.78 is 39.8. The van der Waals surface area contributed by atoms with Gasteiger partial charge in [0.05, 0.1) is 5.69 Å². The fourth-order valence-electron chi connectivity index (χ4n) is 0.985. The zero-order valence-electron chi connectivity index (χ0n) is 8.12. The van der Waals surface area contributed by atoms with Crippen LogP contribution in [-0.2, 0) is 10.2 Å². The summed E-state index contributed by atoms with van der Waals surface area (Å²) in [5.74, 6) is -0.712. The molecule has 0 unspecified atom stereocenters. The van der Waals surface area contributed by atoms with E-state index >= 15 is 0 Å². The maximum atomic E-state index is 13.2. The van der Waals surface area contributed by atoms with E-state index in [2.05, 4.69) is 4.72 Å². The van der Waals surface area contributed by atoms with Crippen LogP contribution in [0.4, 0.5) is 15.8 Å². The molecule has 15 heavy (non-hydrogen) atoms. The summed E-state index contributed by atoms with van der Waals surface area (Å²) in [7, 11) is -3.70. The highest BCUT2D eigenvalue weighted by Crippen LogP contribution is 2.17. The largest absolute Gasteiger partial charge is 0.399 e. The van der Waals surface area contributed by atoms with E-state index in [1.807, 2.05) is 4.72 Å². The van der Waals surface area contributed by atoms with Crippen molar-refractivity contribution in [3.05, 3.63) is 24.0 Å². The van der Waals surface area contributed by atoms with Crippen molar-refractivity contribution in [1.29, 1.82) is 0 Å². The van der Waals surface area contributed by atoms with Gasteiger partial charge in [-0.2, -0.15) is 13.1 Å². The highest BCUT2D eigenvalue weighted by molar-refractivity contribution is 7.90. The molecule has 0 aromatic heterocycles. The number of nitrogens with two attached hydrogens (primary N) is 1. The topological polar surface area (TPSA) is 84.2 Å². The Morgan fingerprint density at radius 2 is 2.13 bits per heavy atom. The molecule has 0 aliphatic rings. The summed E-state index contributed by atoms with van der Waals surface area (Å²) in [5, 5.41) is 0. The molecule has 0 saturated heterocycles. The third kappa shape index (κ3) is 3.37. The van der Waals surface area contributed by atoms with Crippen LogP contribution in [-0.4, -0.2) is 15.0 Å². The molecular weight excluding hydrogens is 221 g/mol. The summed E-state index contributed by atoms with van der Waals surface area (Å²) in [5.41, 5.74) is 5.42. The molecule has 0 heterocycles. The number of hydrogen-bond acceptors (Lipinski definition) is 3. The molecule has 0 aliphatic carbocycles. The van der Waals surface area contributed by atoms with E-state index in [1.54, 1.807) is 6.92 Å². The summed E-state index contributed by atoms with van der Waals surface area (Å²) in [6.45, 7) is 1.85. The quantitative estimate of drug-likeness (QED) is 0.668. The molecule has 1 rings (SSSR count). The van der Waals surface area contributed by atoms with Crippen molar-refractivity contribution in [3.63, 3.8) is 0 Å². The second-order valence-electron chi connectivity index (χ2n) is 2.84. The number of anilines is 2. The zero-order valence-corrected chi connectivity index (χ0v) is 8.94. The fraction of sp³-hybridized carbons (Fsp3) is 0.250. The Bertz CT molecular complexity index is 447. The average molecular weight is 233 g/mol. The molecule has 7 heteroatoms. The van der Waals surface area contributed by atoms with Crippen molar-refractivity contribution >= 4 is 21.6 Å². The number of rotatable bonds is 4. The molecule has 84 valence electrons. The highest BCUT2D eigenvalue weighted by Gasteiger charge is 2.11. The lowest BCUT2D eigenvalue weighted by atomic mass is 10.3. The first kappa shape index (κ1) is 11.7. The van der Waals surface area contributed by atoms with Crippen LogP contribution in [0.1, 0.15) is 6.92 Å². The lowest BCUT2D eigenvalue weighted by Gasteiger charge is -2.08. The van der Waals surface area contributed by atoms with E-state index in [1.165, 1.54) is 12.1 Å². The SMILES string of the molecule is CCNS(=O)(=O)Nc1ccc(N)cc1F. The minimum atomic E-state index is -3.70. The normalized spacial score (nSPS) is 11.3. The summed E-state index contributed by atoms with van der Waals surface area (Å²) in [6, 6.07) is 3.72. The van der Waals surface area contributed by atoms with E-state index in [0.29, 0.717) is 0 Å². The Morgan fingerprint density at radius 1 is 1.47 bits per heavy atom. The molecule has 0 fully saturated rings. The maximum Gasteiger partial charge on any atom is 0.299 e. The average Bonchev–Trinajstić information content (AvgIpc) is 2.09. The van der Waals surface area contributed by atoms with Gasteiger partial charge in [0.25, 0.3) is 10.2 Å². The van der Waals surface area contributed by atoms with Crippen molar-refractivity contribution in [2.75, 3.05) is 17.0 Å². The number of nitrogens with one attached hydrogen (secondary N) is 2. The molecule has 1 aromatic rings. The molecule has 5 nitrogen and oxygen atoms in total. The van der Waals surface area contributed by atoms with Crippen molar-refractivity contribution in [1.82, 2.24) is 4.72 Å². The van der Waals surface area contributed by atoms with Crippen molar-refractivity contribution in [2.24, 2.45) is 0 Å². The fourth-order valence-corrected chi connectivity index (χ4v) is 1.89. The first-order valence-electron chi connectivity index (χ1n) is 4.27. The van der Waals surface area contributed by atoms with Gasteiger partial charge in [-0.05, 0) is 18.2 Å². The summed E-state index contributed by atoms with van der Waals surface area (Å²) in [6.07, 6.45) is 0. The molecular formula is C8H12FN3O2S. The van der Waals surface area contributed by atoms with Gasteiger partial charge in [-0.25, -0.2) is 4.39 Å². The molecule has 0 aliphatic heterocycles. The van der Waals surface area contributed by atoms with Crippen LogP contribution < -0.4 is 15.2 Å². The van der Waals surface area contributed by atoms with Gasteiger partial charge in [0.1, 0.15) is 5.82 Å². The first-order chi connectivity index (χ1) is 6.94. The van der Waals surface area contributed by atoms with Gasteiger partial charge in [-0.3, -0.25) is 4.72 Å². The maximum absolute atomic E-state index is 13.2.